The molecule has 25 heavy (non-hydrogen) atoms. The number of nitrogens with zero attached hydrogens (tertiary/aromatic N) is 1. The van der Waals surface area contributed by atoms with Crippen LogP contribution in [-0.2, 0) is 0 Å². The molecule has 0 unspecified atom stereocenters. The molecule has 0 spiro atoms. The Morgan fingerprint density at radius 1 is 1.08 bits per heavy atom. The van der Waals surface area contributed by atoms with Crippen molar-refractivity contribution < 1.29 is 9.59 Å². The Hall–Kier alpha value is -2.04. The van der Waals surface area contributed by atoms with Gasteiger partial charge in [-0.25, -0.2) is 4.79 Å². The predicted molar refractivity (Wildman–Crippen MR) is 102 cm³/mol. The minimum atomic E-state index is -0.185. The average Bonchev–Trinajstić information content (AvgIpc) is 2.62. The first-order valence-electron chi connectivity index (χ1n) is 9.61. The lowest BCUT2D eigenvalue weighted by molar-refractivity contribution is 0.0755. The maximum absolute atomic E-state index is 12.7. The zero-order valence-electron chi connectivity index (χ0n) is 15.5. The van der Waals surface area contributed by atoms with Crippen molar-refractivity contribution in [1.29, 1.82) is 0 Å². The van der Waals surface area contributed by atoms with E-state index in [1.165, 1.54) is 19.3 Å². The second kappa shape index (κ2) is 10.1. The number of benzene rings is 1. The second-order valence-corrected chi connectivity index (χ2v) is 6.81. The number of hydrogen-bond acceptors (Lipinski definition) is 2. The first kappa shape index (κ1) is 19.3. The Labute approximate surface area is 151 Å². The van der Waals surface area contributed by atoms with Gasteiger partial charge in [0, 0.05) is 30.4 Å². The summed E-state index contributed by atoms with van der Waals surface area (Å²) in [4.78, 5) is 26.7. The molecule has 0 saturated heterocycles. The lowest BCUT2D eigenvalue weighted by Gasteiger charge is -2.23. The summed E-state index contributed by atoms with van der Waals surface area (Å²) in [6, 6.07) is 7.30. The van der Waals surface area contributed by atoms with Gasteiger partial charge in [0.2, 0.25) is 0 Å². The fourth-order valence-corrected chi connectivity index (χ4v) is 3.37. The predicted octanol–water partition coefficient (Wildman–Crippen LogP) is 4.40. The van der Waals surface area contributed by atoms with Crippen molar-refractivity contribution in [2.75, 3.05) is 18.4 Å². The standard InChI is InChI=1S/C20H31N3O2/c1-3-13-23(14-4-2)19(24)16-9-8-12-18(15-16)22-20(25)21-17-10-6-5-7-11-17/h8-9,12,15,17H,3-7,10-11,13-14H2,1-2H3,(H2,21,22,25). The zero-order valence-corrected chi connectivity index (χ0v) is 15.5. The number of amides is 3. The van der Waals surface area contributed by atoms with Gasteiger partial charge in [0.15, 0.2) is 0 Å². The lowest BCUT2D eigenvalue weighted by Crippen LogP contribution is -2.39. The van der Waals surface area contributed by atoms with Gasteiger partial charge in [0.25, 0.3) is 5.91 Å². The van der Waals surface area contributed by atoms with E-state index in [1.807, 2.05) is 23.1 Å². The fourth-order valence-electron chi connectivity index (χ4n) is 3.37. The number of hydrogen-bond donors (Lipinski definition) is 2. The molecule has 0 radical (unpaired) electrons. The van der Waals surface area contributed by atoms with Crippen molar-refractivity contribution in [2.45, 2.75) is 64.8 Å². The largest absolute Gasteiger partial charge is 0.339 e. The third-order valence-electron chi connectivity index (χ3n) is 4.58. The molecule has 2 N–H and O–H groups in total. The SMILES string of the molecule is CCCN(CCC)C(=O)c1cccc(NC(=O)NC2CCCCC2)c1. The number of anilines is 1. The van der Waals surface area contributed by atoms with Crippen LogP contribution in [0, 0.1) is 0 Å². The molecule has 138 valence electrons. The van der Waals surface area contributed by atoms with Crippen LogP contribution in [0.1, 0.15) is 69.2 Å². The first-order chi connectivity index (χ1) is 12.1. The molecule has 0 aliphatic heterocycles. The molecule has 1 fully saturated rings. The molecule has 1 aliphatic rings. The van der Waals surface area contributed by atoms with E-state index < -0.39 is 0 Å². The van der Waals surface area contributed by atoms with Gasteiger partial charge in [-0.1, -0.05) is 39.2 Å². The topological polar surface area (TPSA) is 61.4 Å². The molecule has 0 aromatic heterocycles. The summed E-state index contributed by atoms with van der Waals surface area (Å²) >= 11 is 0. The van der Waals surface area contributed by atoms with Crippen molar-refractivity contribution in [3.8, 4) is 0 Å². The van der Waals surface area contributed by atoms with Crippen molar-refractivity contribution in [2.24, 2.45) is 0 Å². The van der Waals surface area contributed by atoms with Gasteiger partial charge in [-0.2, -0.15) is 0 Å². The zero-order chi connectivity index (χ0) is 18.1. The van der Waals surface area contributed by atoms with E-state index in [0.717, 1.165) is 38.8 Å². The van der Waals surface area contributed by atoms with Gasteiger partial charge >= 0.3 is 6.03 Å². The number of nitrogens with one attached hydrogen (secondary N) is 2. The van der Waals surface area contributed by atoms with Gasteiger partial charge in [-0.3, -0.25) is 4.79 Å². The molecule has 1 aromatic rings. The molecule has 0 bridgehead atoms. The lowest BCUT2D eigenvalue weighted by atomic mass is 9.96. The smallest absolute Gasteiger partial charge is 0.319 e. The Morgan fingerprint density at radius 3 is 2.40 bits per heavy atom. The Bertz CT molecular complexity index is 562. The molecule has 5 nitrogen and oxygen atoms in total. The quantitative estimate of drug-likeness (QED) is 0.769. The van der Waals surface area contributed by atoms with E-state index in [2.05, 4.69) is 24.5 Å². The van der Waals surface area contributed by atoms with Crippen LogP contribution in [0.15, 0.2) is 24.3 Å². The van der Waals surface area contributed by atoms with Gasteiger partial charge < -0.3 is 15.5 Å². The molecule has 0 heterocycles. The van der Waals surface area contributed by atoms with E-state index in [1.54, 1.807) is 6.07 Å². The van der Waals surface area contributed by atoms with Crippen molar-refractivity contribution >= 4 is 17.6 Å². The monoisotopic (exact) mass is 345 g/mol. The van der Waals surface area contributed by atoms with Crippen LogP contribution in [0.2, 0.25) is 0 Å². The summed E-state index contributed by atoms with van der Waals surface area (Å²) < 4.78 is 0. The summed E-state index contributed by atoms with van der Waals surface area (Å²) in [5.74, 6) is 0.0278. The molecule has 5 heteroatoms. The normalized spacial score (nSPS) is 14.8. The number of carbonyl (C=O) groups is 2. The Morgan fingerprint density at radius 2 is 1.76 bits per heavy atom. The number of urea groups is 1. The summed E-state index contributed by atoms with van der Waals surface area (Å²) in [5, 5.41) is 5.90. The van der Waals surface area contributed by atoms with Crippen LogP contribution in [0.5, 0.6) is 0 Å². The highest BCUT2D eigenvalue weighted by molar-refractivity contribution is 5.97. The van der Waals surface area contributed by atoms with Crippen LogP contribution in [-0.4, -0.2) is 36.0 Å². The fraction of sp³-hybridized carbons (Fsp3) is 0.600. The van der Waals surface area contributed by atoms with Crippen molar-refractivity contribution in [1.82, 2.24) is 10.2 Å². The minimum absolute atomic E-state index is 0.0278. The highest BCUT2D eigenvalue weighted by Crippen LogP contribution is 2.18. The van der Waals surface area contributed by atoms with Gasteiger partial charge in [0.1, 0.15) is 0 Å². The molecule has 1 aromatic carbocycles. The van der Waals surface area contributed by atoms with E-state index in [-0.39, 0.29) is 18.0 Å². The summed E-state index contributed by atoms with van der Waals surface area (Å²) in [5.41, 5.74) is 1.28. The van der Waals surface area contributed by atoms with Crippen LogP contribution >= 0.6 is 0 Å². The van der Waals surface area contributed by atoms with E-state index in [0.29, 0.717) is 11.3 Å². The maximum Gasteiger partial charge on any atom is 0.319 e. The highest BCUT2D eigenvalue weighted by Gasteiger charge is 2.17. The first-order valence-corrected chi connectivity index (χ1v) is 9.61. The van der Waals surface area contributed by atoms with Crippen LogP contribution < -0.4 is 10.6 Å². The summed E-state index contributed by atoms with van der Waals surface area (Å²) in [6.07, 6.45) is 7.60. The highest BCUT2D eigenvalue weighted by atomic mass is 16.2. The third kappa shape index (κ3) is 6.07. The van der Waals surface area contributed by atoms with E-state index in [4.69, 9.17) is 0 Å². The van der Waals surface area contributed by atoms with Crippen LogP contribution in [0.3, 0.4) is 0 Å². The van der Waals surface area contributed by atoms with Crippen molar-refractivity contribution in [3.05, 3.63) is 29.8 Å². The Balaban J connectivity index is 1.97. The molecule has 3 amide bonds. The summed E-state index contributed by atoms with van der Waals surface area (Å²) in [7, 11) is 0. The average molecular weight is 345 g/mol. The van der Waals surface area contributed by atoms with Crippen LogP contribution in [0.4, 0.5) is 10.5 Å². The molecule has 1 aliphatic carbocycles. The Kier molecular flexibility index (Phi) is 7.76. The third-order valence-corrected chi connectivity index (χ3v) is 4.58. The minimum Gasteiger partial charge on any atom is -0.339 e. The van der Waals surface area contributed by atoms with Gasteiger partial charge in [-0.15, -0.1) is 0 Å². The molecule has 2 rings (SSSR count). The van der Waals surface area contributed by atoms with Crippen LogP contribution in [0.25, 0.3) is 0 Å². The molecule has 1 saturated carbocycles. The summed E-state index contributed by atoms with van der Waals surface area (Å²) in [6.45, 7) is 5.66. The van der Waals surface area contributed by atoms with E-state index in [9.17, 15) is 9.59 Å². The van der Waals surface area contributed by atoms with Crippen molar-refractivity contribution in [3.63, 3.8) is 0 Å². The van der Waals surface area contributed by atoms with E-state index >= 15 is 0 Å². The molecule has 0 atom stereocenters. The van der Waals surface area contributed by atoms with Gasteiger partial charge in [0.05, 0.1) is 0 Å². The molecular formula is C20H31N3O2. The van der Waals surface area contributed by atoms with Gasteiger partial charge in [-0.05, 0) is 43.9 Å². The number of rotatable bonds is 7. The number of carbonyl (C=O) groups excluding carboxylic acids is 2. The second-order valence-electron chi connectivity index (χ2n) is 6.81. The molecular weight excluding hydrogens is 314 g/mol. The maximum atomic E-state index is 12.7.